The molecular weight excluding hydrogens is 384 g/mol. The molecule has 1 atom stereocenters. The maximum atomic E-state index is 12.1. The molecule has 0 aliphatic carbocycles. The molecule has 0 amide bonds. The number of ether oxygens (including phenoxy) is 1. The second-order valence-corrected chi connectivity index (χ2v) is 8.37. The Balaban J connectivity index is 2.28. The molecule has 172 valence electrons. The van der Waals surface area contributed by atoms with Crippen molar-refractivity contribution in [3.8, 4) is 5.75 Å². The van der Waals surface area contributed by atoms with E-state index in [2.05, 4.69) is 6.92 Å². The normalized spacial score (nSPS) is 12.7. The van der Waals surface area contributed by atoms with Gasteiger partial charge in [-0.25, -0.2) is 0 Å². The van der Waals surface area contributed by atoms with Crippen LogP contribution in [-0.2, 0) is 11.2 Å². The van der Waals surface area contributed by atoms with Crippen LogP contribution in [-0.4, -0.2) is 58.7 Å². The summed E-state index contributed by atoms with van der Waals surface area (Å²) in [6.45, 7) is 0.719. The van der Waals surface area contributed by atoms with E-state index in [-0.39, 0.29) is 25.2 Å². The van der Waals surface area contributed by atoms with Crippen LogP contribution in [0.2, 0.25) is 0 Å². The Morgan fingerprint density at radius 1 is 0.933 bits per heavy atom. The number of unbranched alkanes of at least 4 members (excludes halogenated alkanes) is 6. The topological polar surface area (TPSA) is 107 Å². The quantitative estimate of drug-likeness (QED) is 0.270. The maximum absolute atomic E-state index is 12.1. The van der Waals surface area contributed by atoms with Crippen LogP contribution in [0, 0.1) is 5.41 Å². The zero-order valence-electron chi connectivity index (χ0n) is 18.4. The summed E-state index contributed by atoms with van der Waals surface area (Å²) in [7, 11) is 0. The largest absolute Gasteiger partial charge is 0.491 e. The Morgan fingerprint density at radius 2 is 1.50 bits per heavy atom. The number of hydrogen-bond donors (Lipinski definition) is 4. The Kier molecular flexibility index (Phi) is 13.6. The summed E-state index contributed by atoms with van der Waals surface area (Å²) in [4.78, 5) is 12.1. The summed E-state index contributed by atoms with van der Waals surface area (Å²) in [5.41, 5.74) is 0.0168. The summed E-state index contributed by atoms with van der Waals surface area (Å²) in [5.74, 6) is 0.300. The van der Waals surface area contributed by atoms with E-state index >= 15 is 0 Å². The van der Waals surface area contributed by atoms with Crippen LogP contribution in [0.15, 0.2) is 24.3 Å². The molecule has 30 heavy (non-hydrogen) atoms. The number of rotatable bonds is 18. The fourth-order valence-corrected chi connectivity index (χ4v) is 3.36. The number of aryl methyl sites for hydroxylation is 1. The Morgan fingerprint density at radius 3 is 2.07 bits per heavy atom. The van der Waals surface area contributed by atoms with Gasteiger partial charge in [-0.1, -0.05) is 57.6 Å². The van der Waals surface area contributed by atoms with Gasteiger partial charge in [-0.15, -0.1) is 0 Å². The van der Waals surface area contributed by atoms with Crippen molar-refractivity contribution < 1.29 is 30.0 Å². The van der Waals surface area contributed by atoms with Crippen molar-refractivity contribution in [2.45, 2.75) is 77.2 Å². The van der Waals surface area contributed by atoms with Gasteiger partial charge < -0.3 is 25.2 Å². The molecule has 0 radical (unpaired) electrons. The molecule has 0 aliphatic rings. The van der Waals surface area contributed by atoms with Gasteiger partial charge in [-0.3, -0.25) is 4.79 Å². The predicted octanol–water partition coefficient (Wildman–Crippen LogP) is 3.03. The molecule has 1 rings (SSSR count). The van der Waals surface area contributed by atoms with Crippen molar-refractivity contribution in [3.05, 3.63) is 29.8 Å². The number of aliphatic hydroxyl groups excluding tert-OH is 4. The van der Waals surface area contributed by atoms with E-state index in [1.165, 1.54) is 50.5 Å². The number of Topliss-reactive ketones (excluding diaryl/α,β-unsaturated/α-hetero) is 1. The average molecular weight is 425 g/mol. The third-order valence-corrected chi connectivity index (χ3v) is 5.48. The molecule has 0 heterocycles. The molecule has 4 N–H and O–H groups in total. The van der Waals surface area contributed by atoms with Gasteiger partial charge in [-0.05, 0) is 30.5 Å². The van der Waals surface area contributed by atoms with Gasteiger partial charge in [0.2, 0.25) is 0 Å². The average Bonchev–Trinajstić information content (AvgIpc) is 2.76. The lowest BCUT2D eigenvalue weighted by Crippen LogP contribution is -2.37. The molecule has 0 fully saturated rings. The number of hydrogen-bond acceptors (Lipinski definition) is 6. The molecule has 0 saturated heterocycles. The number of carbonyl (C=O) groups excluding carboxylic acids is 1. The highest BCUT2D eigenvalue weighted by Gasteiger charge is 2.31. The van der Waals surface area contributed by atoms with E-state index in [4.69, 9.17) is 4.74 Å². The summed E-state index contributed by atoms with van der Waals surface area (Å²) >= 11 is 0. The molecule has 0 aliphatic heterocycles. The van der Waals surface area contributed by atoms with E-state index in [1.807, 2.05) is 24.3 Å². The van der Waals surface area contributed by atoms with Gasteiger partial charge in [0.1, 0.15) is 18.1 Å². The molecule has 1 unspecified atom stereocenters. The summed E-state index contributed by atoms with van der Waals surface area (Å²) < 4.78 is 5.56. The van der Waals surface area contributed by atoms with Crippen LogP contribution in [0.1, 0.15) is 70.3 Å². The van der Waals surface area contributed by atoms with Crippen molar-refractivity contribution in [3.63, 3.8) is 0 Å². The predicted molar refractivity (Wildman–Crippen MR) is 118 cm³/mol. The highest BCUT2D eigenvalue weighted by Crippen LogP contribution is 2.22. The Bertz CT molecular complexity index is 559. The fraction of sp³-hybridized carbons (Fsp3) is 0.708. The lowest BCUT2D eigenvalue weighted by atomic mass is 9.84. The summed E-state index contributed by atoms with van der Waals surface area (Å²) in [6.07, 6.45) is 8.73. The van der Waals surface area contributed by atoms with Crippen molar-refractivity contribution >= 4 is 5.78 Å². The van der Waals surface area contributed by atoms with Gasteiger partial charge in [0, 0.05) is 18.3 Å². The van der Waals surface area contributed by atoms with Gasteiger partial charge in [-0.2, -0.15) is 0 Å². The van der Waals surface area contributed by atoms with Gasteiger partial charge >= 0.3 is 0 Å². The lowest BCUT2D eigenvalue weighted by Gasteiger charge is -2.26. The first-order valence-electron chi connectivity index (χ1n) is 11.2. The zero-order chi connectivity index (χ0) is 22.2. The summed E-state index contributed by atoms with van der Waals surface area (Å²) in [5, 5.41) is 37.9. The molecular formula is C24H40O6. The fourth-order valence-electron chi connectivity index (χ4n) is 3.36. The van der Waals surface area contributed by atoms with Crippen LogP contribution < -0.4 is 4.74 Å². The first kappa shape index (κ1) is 26.6. The Hall–Kier alpha value is -1.47. The highest BCUT2D eigenvalue weighted by atomic mass is 16.5. The van der Waals surface area contributed by atoms with E-state index < -0.39 is 31.3 Å². The number of benzene rings is 1. The maximum Gasteiger partial charge on any atom is 0.136 e. The van der Waals surface area contributed by atoms with Gasteiger partial charge in [0.05, 0.1) is 25.9 Å². The van der Waals surface area contributed by atoms with Crippen molar-refractivity contribution in [1.29, 1.82) is 0 Å². The lowest BCUT2D eigenvalue weighted by molar-refractivity contribution is -0.127. The van der Waals surface area contributed by atoms with Gasteiger partial charge in [0.15, 0.2) is 0 Å². The molecule has 6 heteroatoms. The van der Waals surface area contributed by atoms with Gasteiger partial charge in [0.25, 0.3) is 0 Å². The second kappa shape index (κ2) is 15.3. The molecule has 1 aromatic carbocycles. The van der Waals surface area contributed by atoms with Crippen LogP contribution in [0.25, 0.3) is 0 Å². The number of aliphatic hydroxyl groups is 4. The smallest absolute Gasteiger partial charge is 0.136 e. The minimum Gasteiger partial charge on any atom is -0.491 e. The molecule has 0 spiro atoms. The third-order valence-electron chi connectivity index (χ3n) is 5.48. The van der Waals surface area contributed by atoms with E-state index in [0.717, 1.165) is 6.42 Å². The monoisotopic (exact) mass is 424 g/mol. The number of ketones is 1. The minimum atomic E-state index is -1.25. The van der Waals surface area contributed by atoms with Crippen molar-refractivity contribution in [1.82, 2.24) is 0 Å². The molecule has 0 aromatic heterocycles. The molecule has 1 aromatic rings. The SMILES string of the molecule is CCCCCCCCCc1ccc(OCC(O)CC(=O)CC(CO)(CO)CO)cc1. The Labute approximate surface area is 180 Å². The summed E-state index contributed by atoms with van der Waals surface area (Å²) in [6, 6.07) is 7.81. The van der Waals surface area contributed by atoms with Crippen LogP contribution >= 0.6 is 0 Å². The van der Waals surface area contributed by atoms with Crippen LogP contribution in [0.5, 0.6) is 5.75 Å². The number of carbonyl (C=O) groups is 1. The minimum absolute atomic E-state index is 0.0206. The first-order valence-corrected chi connectivity index (χ1v) is 11.2. The second-order valence-electron chi connectivity index (χ2n) is 8.37. The third kappa shape index (κ3) is 10.5. The van der Waals surface area contributed by atoms with Crippen molar-refractivity contribution in [2.75, 3.05) is 26.4 Å². The molecule has 0 bridgehead atoms. The van der Waals surface area contributed by atoms with E-state index in [1.54, 1.807) is 0 Å². The molecule has 0 saturated carbocycles. The van der Waals surface area contributed by atoms with Crippen LogP contribution in [0.4, 0.5) is 0 Å². The zero-order valence-corrected chi connectivity index (χ0v) is 18.4. The van der Waals surface area contributed by atoms with E-state index in [0.29, 0.717) is 5.75 Å². The van der Waals surface area contributed by atoms with E-state index in [9.17, 15) is 25.2 Å². The standard InChI is InChI=1S/C24H40O6/c1-2-3-4-5-6-7-8-9-20-10-12-23(13-11-20)30-16-22(29)14-21(28)15-24(17-25,18-26)19-27/h10-13,22,25-27,29H,2-9,14-19H2,1H3. The first-order chi connectivity index (χ1) is 14.5. The highest BCUT2D eigenvalue weighted by molar-refractivity contribution is 5.79. The molecule has 6 nitrogen and oxygen atoms in total. The van der Waals surface area contributed by atoms with Crippen molar-refractivity contribution in [2.24, 2.45) is 5.41 Å². The van der Waals surface area contributed by atoms with Crippen LogP contribution in [0.3, 0.4) is 0 Å².